The van der Waals surface area contributed by atoms with Gasteiger partial charge in [0.05, 0.1) is 13.2 Å². The topological polar surface area (TPSA) is 44.8 Å². The number of carbonyl (C=O) groups is 1. The third-order valence-electron chi connectivity index (χ3n) is 1.30. The van der Waals surface area contributed by atoms with Gasteiger partial charge in [0.1, 0.15) is 13.2 Å². The van der Waals surface area contributed by atoms with Gasteiger partial charge in [0, 0.05) is 18.1 Å². The Kier molecular flexibility index (Phi) is 9.70. The van der Waals surface area contributed by atoms with Gasteiger partial charge < -0.3 is 14.2 Å². The summed E-state index contributed by atoms with van der Waals surface area (Å²) >= 11 is 8.12. The summed E-state index contributed by atoms with van der Waals surface area (Å²) in [6.45, 7) is 1.08. The highest BCUT2D eigenvalue weighted by molar-refractivity contribution is 7.84. The Hall–Kier alpha value is 0.0900. The van der Waals surface area contributed by atoms with E-state index in [1.807, 2.05) is 0 Å². The number of thiol groups is 2. The monoisotopic (exact) mass is 240 g/mol. The molecule has 0 rings (SSSR count). The summed E-state index contributed by atoms with van der Waals surface area (Å²) < 4.78 is 14.5. The minimum Gasteiger partial charge on any atom is -0.463 e. The van der Waals surface area contributed by atoms with E-state index in [9.17, 15) is 4.79 Å². The predicted octanol–water partition coefficient (Wildman–Crippen LogP) is 0.421. The molecule has 0 aliphatic rings. The first-order valence-corrected chi connectivity index (χ1v) is 5.36. The molecule has 0 aromatic heterocycles. The summed E-state index contributed by atoms with van der Waals surface area (Å²) in [5.41, 5.74) is 0. The molecule has 0 aliphatic heterocycles. The van der Waals surface area contributed by atoms with E-state index in [1.54, 1.807) is 7.11 Å². The Morgan fingerprint density at radius 3 is 2.71 bits per heavy atom. The largest absolute Gasteiger partial charge is 0.463 e. The number of methoxy groups -OCH3 is 1. The zero-order valence-corrected chi connectivity index (χ0v) is 9.93. The van der Waals surface area contributed by atoms with Crippen molar-refractivity contribution < 1.29 is 19.0 Å². The summed E-state index contributed by atoms with van der Waals surface area (Å²) in [5, 5.41) is -0.0266. The molecule has 0 saturated heterocycles. The van der Waals surface area contributed by atoms with Crippen LogP contribution in [0.5, 0.6) is 0 Å². The van der Waals surface area contributed by atoms with Gasteiger partial charge in [-0.05, 0) is 0 Å². The normalized spacial score (nSPS) is 12.5. The second kappa shape index (κ2) is 9.64. The summed E-state index contributed by atoms with van der Waals surface area (Å²) in [4.78, 5) is 11.0. The van der Waals surface area contributed by atoms with Crippen molar-refractivity contribution >= 4 is 31.2 Å². The van der Waals surface area contributed by atoms with Crippen LogP contribution in [0.2, 0.25) is 0 Å². The van der Waals surface area contributed by atoms with Crippen LogP contribution in [0.3, 0.4) is 0 Å². The van der Waals surface area contributed by atoms with Crippen LogP contribution in [-0.4, -0.2) is 50.5 Å². The van der Waals surface area contributed by atoms with Crippen LogP contribution >= 0.6 is 25.3 Å². The van der Waals surface area contributed by atoms with Gasteiger partial charge >= 0.3 is 5.97 Å². The van der Waals surface area contributed by atoms with Gasteiger partial charge in [0.15, 0.2) is 0 Å². The van der Waals surface area contributed by atoms with Crippen molar-refractivity contribution in [1.29, 1.82) is 0 Å². The minimum atomic E-state index is -0.387. The summed E-state index contributed by atoms with van der Waals surface area (Å²) in [6, 6.07) is 0. The third-order valence-corrected chi connectivity index (χ3v) is 2.36. The van der Waals surface area contributed by atoms with Crippen molar-refractivity contribution in [2.75, 3.05) is 39.3 Å². The zero-order chi connectivity index (χ0) is 10.8. The summed E-state index contributed by atoms with van der Waals surface area (Å²) in [5.74, 6) is 0.183. The molecule has 0 N–H and O–H groups in total. The van der Waals surface area contributed by atoms with Crippen LogP contribution < -0.4 is 0 Å². The standard InChI is InChI=1S/C8H16O4S2/c1-10-2-3-11-5-8(9)12-4-7(14)6-13/h7,13-14H,2-6H2,1H3. The second-order valence-corrected chi connectivity index (χ2v) is 3.66. The van der Waals surface area contributed by atoms with Gasteiger partial charge in [0.2, 0.25) is 0 Å². The summed E-state index contributed by atoms with van der Waals surface area (Å²) in [6.07, 6.45) is 0. The Morgan fingerprint density at radius 1 is 1.43 bits per heavy atom. The average Bonchev–Trinajstić information content (AvgIpc) is 2.21. The second-order valence-electron chi connectivity index (χ2n) is 2.56. The number of carbonyl (C=O) groups excluding carboxylic acids is 1. The minimum absolute atomic E-state index is 0.0266. The number of hydrogen-bond donors (Lipinski definition) is 2. The molecule has 0 aromatic carbocycles. The quantitative estimate of drug-likeness (QED) is 0.367. The average molecular weight is 240 g/mol. The predicted molar refractivity (Wildman–Crippen MR) is 60.3 cm³/mol. The van der Waals surface area contributed by atoms with E-state index in [0.29, 0.717) is 19.0 Å². The van der Waals surface area contributed by atoms with E-state index in [0.717, 1.165) is 0 Å². The molecule has 1 unspecified atom stereocenters. The van der Waals surface area contributed by atoms with Crippen LogP contribution in [0.25, 0.3) is 0 Å². The molecule has 0 spiro atoms. The first-order valence-electron chi connectivity index (χ1n) is 4.22. The molecular weight excluding hydrogens is 224 g/mol. The Bertz CT molecular complexity index is 154. The SMILES string of the molecule is COCCOCC(=O)OCC(S)CS. The van der Waals surface area contributed by atoms with Crippen LogP contribution in [0.1, 0.15) is 0 Å². The first kappa shape index (κ1) is 14.1. The lowest BCUT2D eigenvalue weighted by atomic mass is 10.5. The number of ether oxygens (including phenoxy) is 3. The lowest BCUT2D eigenvalue weighted by molar-refractivity contribution is -0.149. The van der Waals surface area contributed by atoms with Gasteiger partial charge in [-0.1, -0.05) is 0 Å². The number of rotatable bonds is 8. The fourth-order valence-electron chi connectivity index (χ4n) is 0.581. The summed E-state index contributed by atoms with van der Waals surface area (Å²) in [7, 11) is 1.57. The molecule has 6 heteroatoms. The molecule has 14 heavy (non-hydrogen) atoms. The maximum absolute atomic E-state index is 11.0. The molecule has 84 valence electrons. The molecular formula is C8H16O4S2. The van der Waals surface area contributed by atoms with E-state index in [4.69, 9.17) is 14.2 Å². The van der Waals surface area contributed by atoms with Gasteiger partial charge in [-0.15, -0.1) is 0 Å². The number of esters is 1. The van der Waals surface area contributed by atoms with E-state index >= 15 is 0 Å². The van der Waals surface area contributed by atoms with Crippen molar-refractivity contribution in [3.8, 4) is 0 Å². The van der Waals surface area contributed by atoms with Crippen LogP contribution in [0, 0.1) is 0 Å². The van der Waals surface area contributed by atoms with Gasteiger partial charge in [-0.3, -0.25) is 0 Å². The highest BCUT2D eigenvalue weighted by Crippen LogP contribution is 1.98. The van der Waals surface area contributed by atoms with Crippen molar-refractivity contribution in [3.63, 3.8) is 0 Å². The fourth-order valence-corrected chi connectivity index (χ4v) is 0.761. The van der Waals surface area contributed by atoms with Crippen molar-refractivity contribution in [1.82, 2.24) is 0 Å². The molecule has 4 nitrogen and oxygen atoms in total. The Balaban J connectivity index is 3.28. The molecule has 0 aliphatic carbocycles. The molecule has 0 aromatic rings. The molecule has 0 fully saturated rings. The zero-order valence-electron chi connectivity index (χ0n) is 8.14. The smallest absolute Gasteiger partial charge is 0.332 e. The molecule has 0 heterocycles. The molecule has 0 amide bonds. The van der Waals surface area contributed by atoms with Crippen molar-refractivity contribution in [3.05, 3.63) is 0 Å². The number of hydrogen-bond acceptors (Lipinski definition) is 6. The van der Waals surface area contributed by atoms with Crippen LogP contribution in [0.4, 0.5) is 0 Å². The lowest BCUT2D eigenvalue weighted by Gasteiger charge is -2.08. The lowest BCUT2D eigenvalue weighted by Crippen LogP contribution is -2.20. The van der Waals surface area contributed by atoms with Gasteiger partial charge in [0.25, 0.3) is 0 Å². The maximum atomic E-state index is 11.0. The third kappa shape index (κ3) is 8.68. The van der Waals surface area contributed by atoms with Crippen LogP contribution in [-0.2, 0) is 19.0 Å². The molecule has 1 atom stereocenters. The van der Waals surface area contributed by atoms with Gasteiger partial charge in [-0.2, -0.15) is 25.3 Å². The molecule has 0 saturated carbocycles. The molecule has 0 bridgehead atoms. The highest BCUT2D eigenvalue weighted by atomic mass is 32.1. The Morgan fingerprint density at radius 2 is 2.14 bits per heavy atom. The fraction of sp³-hybridized carbons (Fsp3) is 0.875. The Labute approximate surface area is 95.1 Å². The highest BCUT2D eigenvalue weighted by Gasteiger charge is 2.06. The van der Waals surface area contributed by atoms with E-state index in [1.165, 1.54) is 0 Å². The van der Waals surface area contributed by atoms with Gasteiger partial charge in [-0.25, -0.2) is 4.79 Å². The van der Waals surface area contributed by atoms with E-state index in [-0.39, 0.29) is 24.4 Å². The van der Waals surface area contributed by atoms with E-state index in [2.05, 4.69) is 25.3 Å². The maximum Gasteiger partial charge on any atom is 0.332 e. The van der Waals surface area contributed by atoms with Crippen LogP contribution in [0.15, 0.2) is 0 Å². The first-order chi connectivity index (χ1) is 6.70. The van der Waals surface area contributed by atoms with Crippen molar-refractivity contribution in [2.24, 2.45) is 0 Å². The van der Waals surface area contributed by atoms with E-state index < -0.39 is 0 Å². The van der Waals surface area contributed by atoms with Crippen molar-refractivity contribution in [2.45, 2.75) is 5.25 Å². The molecule has 0 radical (unpaired) electrons.